The monoisotopic (exact) mass is 286 g/mol. The minimum Gasteiger partial charge on any atom is -0.315 e. The van der Waals surface area contributed by atoms with Crippen LogP contribution in [0.5, 0.6) is 0 Å². The summed E-state index contributed by atoms with van der Waals surface area (Å²) in [5, 5.41) is 6.73. The third kappa shape index (κ3) is 2.81. The third-order valence-corrected chi connectivity index (χ3v) is 3.58. The lowest BCUT2D eigenvalue weighted by atomic mass is 10.0. The molecule has 1 aliphatic heterocycles. The van der Waals surface area contributed by atoms with Crippen molar-refractivity contribution in [2.75, 3.05) is 13.1 Å². The molecule has 0 amide bonds. The summed E-state index contributed by atoms with van der Waals surface area (Å²) in [5.74, 6) is -0.148. The van der Waals surface area contributed by atoms with Crippen molar-refractivity contribution in [2.24, 2.45) is 0 Å². The normalized spacial score (nSPS) is 24.9. The van der Waals surface area contributed by atoms with Gasteiger partial charge in [-0.15, -0.1) is 0 Å². The fourth-order valence-corrected chi connectivity index (χ4v) is 2.36. The zero-order valence-corrected chi connectivity index (χ0v) is 10.9. The molecule has 0 saturated carbocycles. The molecule has 88 valence electrons. The minimum atomic E-state index is -0.148. The van der Waals surface area contributed by atoms with Crippen LogP contribution in [0.1, 0.15) is 18.9 Å². The molecule has 1 aromatic carbocycles. The van der Waals surface area contributed by atoms with E-state index in [4.69, 9.17) is 0 Å². The Hall–Kier alpha value is -0.450. The molecule has 1 unspecified atom stereocenters. The highest BCUT2D eigenvalue weighted by atomic mass is 79.9. The number of rotatable bonds is 3. The Balaban J connectivity index is 2.01. The quantitative estimate of drug-likeness (QED) is 0.892. The second-order valence-electron chi connectivity index (χ2n) is 4.58. The molecule has 2 N–H and O–H groups in total. The number of hydrogen-bond acceptors (Lipinski definition) is 2. The van der Waals surface area contributed by atoms with Gasteiger partial charge in [0.1, 0.15) is 5.82 Å². The van der Waals surface area contributed by atoms with Crippen LogP contribution in [0.4, 0.5) is 4.39 Å². The van der Waals surface area contributed by atoms with E-state index >= 15 is 0 Å². The molecule has 4 heteroatoms. The summed E-state index contributed by atoms with van der Waals surface area (Å²) in [6.45, 7) is 4.72. The highest BCUT2D eigenvalue weighted by Crippen LogP contribution is 2.18. The predicted molar refractivity (Wildman–Crippen MR) is 66.8 cm³/mol. The Kier molecular flexibility index (Phi) is 3.62. The Morgan fingerprint density at radius 2 is 2.38 bits per heavy atom. The molecule has 0 aromatic heterocycles. The topological polar surface area (TPSA) is 24.1 Å². The maximum Gasteiger partial charge on any atom is 0.127 e. The van der Waals surface area contributed by atoms with Crippen LogP contribution in [0.15, 0.2) is 22.7 Å². The highest BCUT2D eigenvalue weighted by molar-refractivity contribution is 9.10. The van der Waals surface area contributed by atoms with Crippen LogP contribution in [0.2, 0.25) is 0 Å². The highest BCUT2D eigenvalue weighted by Gasteiger charge is 2.27. The van der Waals surface area contributed by atoms with Crippen molar-refractivity contribution in [3.05, 3.63) is 34.1 Å². The van der Waals surface area contributed by atoms with E-state index in [1.165, 1.54) is 6.07 Å². The van der Waals surface area contributed by atoms with Crippen LogP contribution in [-0.4, -0.2) is 18.6 Å². The van der Waals surface area contributed by atoms with Crippen LogP contribution in [0.25, 0.3) is 0 Å². The van der Waals surface area contributed by atoms with Crippen LogP contribution < -0.4 is 10.6 Å². The zero-order valence-electron chi connectivity index (χ0n) is 9.32. The van der Waals surface area contributed by atoms with Crippen LogP contribution in [-0.2, 0) is 6.54 Å². The van der Waals surface area contributed by atoms with Gasteiger partial charge in [-0.3, -0.25) is 0 Å². The molecule has 2 nitrogen and oxygen atoms in total. The lowest BCUT2D eigenvalue weighted by Crippen LogP contribution is -2.43. The molecule has 0 radical (unpaired) electrons. The molecular weight excluding hydrogens is 271 g/mol. The van der Waals surface area contributed by atoms with Crippen molar-refractivity contribution in [2.45, 2.75) is 25.4 Å². The third-order valence-electron chi connectivity index (χ3n) is 3.08. The van der Waals surface area contributed by atoms with E-state index in [-0.39, 0.29) is 11.4 Å². The second kappa shape index (κ2) is 4.82. The van der Waals surface area contributed by atoms with Crippen molar-refractivity contribution < 1.29 is 4.39 Å². The summed E-state index contributed by atoms with van der Waals surface area (Å²) < 4.78 is 14.4. The van der Waals surface area contributed by atoms with Gasteiger partial charge in [0, 0.05) is 28.7 Å². The van der Waals surface area contributed by atoms with Crippen LogP contribution in [0, 0.1) is 5.82 Å². The first-order valence-corrected chi connectivity index (χ1v) is 6.28. The van der Waals surface area contributed by atoms with E-state index in [1.807, 2.05) is 6.07 Å². The molecule has 1 aliphatic rings. The molecule has 1 heterocycles. The molecule has 2 rings (SSSR count). The lowest BCUT2D eigenvalue weighted by molar-refractivity contribution is 0.382. The van der Waals surface area contributed by atoms with Crippen molar-refractivity contribution >= 4 is 15.9 Å². The molecule has 0 bridgehead atoms. The summed E-state index contributed by atoms with van der Waals surface area (Å²) >= 11 is 3.36. The van der Waals surface area contributed by atoms with Crippen molar-refractivity contribution in [3.63, 3.8) is 0 Å². The largest absolute Gasteiger partial charge is 0.315 e. The lowest BCUT2D eigenvalue weighted by Gasteiger charge is -2.24. The number of halogens is 2. The van der Waals surface area contributed by atoms with E-state index in [0.717, 1.165) is 24.0 Å². The van der Waals surface area contributed by atoms with Gasteiger partial charge in [-0.05, 0) is 38.1 Å². The first-order valence-electron chi connectivity index (χ1n) is 5.49. The number of nitrogens with one attached hydrogen (secondary N) is 2. The van der Waals surface area contributed by atoms with E-state index in [2.05, 4.69) is 33.5 Å². The Bertz CT molecular complexity index is 375. The predicted octanol–water partition coefficient (Wildman–Crippen LogP) is 2.43. The Morgan fingerprint density at radius 1 is 1.56 bits per heavy atom. The van der Waals surface area contributed by atoms with Crippen molar-refractivity contribution in [1.82, 2.24) is 10.6 Å². The molecule has 16 heavy (non-hydrogen) atoms. The number of hydrogen-bond donors (Lipinski definition) is 2. The fraction of sp³-hybridized carbons (Fsp3) is 0.500. The van der Waals surface area contributed by atoms with Gasteiger partial charge in [-0.2, -0.15) is 0 Å². The average molecular weight is 287 g/mol. The molecule has 1 fully saturated rings. The molecule has 0 spiro atoms. The number of benzene rings is 1. The minimum absolute atomic E-state index is 0.0920. The van der Waals surface area contributed by atoms with Crippen molar-refractivity contribution in [3.8, 4) is 0 Å². The van der Waals surface area contributed by atoms with Gasteiger partial charge >= 0.3 is 0 Å². The van der Waals surface area contributed by atoms with E-state index in [0.29, 0.717) is 12.1 Å². The average Bonchev–Trinajstić information content (AvgIpc) is 2.67. The molecule has 0 aliphatic carbocycles. The van der Waals surface area contributed by atoms with Gasteiger partial charge in [-0.25, -0.2) is 4.39 Å². The summed E-state index contributed by atoms with van der Waals surface area (Å²) in [4.78, 5) is 0. The maximum absolute atomic E-state index is 13.5. The van der Waals surface area contributed by atoms with E-state index < -0.39 is 0 Å². The van der Waals surface area contributed by atoms with E-state index in [9.17, 15) is 4.39 Å². The smallest absolute Gasteiger partial charge is 0.127 e. The maximum atomic E-state index is 13.5. The van der Waals surface area contributed by atoms with Gasteiger partial charge in [0.2, 0.25) is 0 Å². The van der Waals surface area contributed by atoms with Gasteiger partial charge in [0.15, 0.2) is 0 Å². The molecular formula is C12H16BrFN2. The molecule has 1 saturated heterocycles. The van der Waals surface area contributed by atoms with Crippen LogP contribution in [0.3, 0.4) is 0 Å². The Morgan fingerprint density at radius 3 is 3.06 bits per heavy atom. The Labute approximate surface area is 104 Å². The fourth-order valence-electron chi connectivity index (χ4n) is 1.96. The van der Waals surface area contributed by atoms with Gasteiger partial charge in [0.05, 0.1) is 0 Å². The zero-order chi connectivity index (χ0) is 11.6. The van der Waals surface area contributed by atoms with Gasteiger partial charge in [0.25, 0.3) is 0 Å². The molecule has 1 aromatic rings. The molecule has 1 atom stereocenters. The summed E-state index contributed by atoms with van der Waals surface area (Å²) in [6, 6.07) is 5.04. The summed E-state index contributed by atoms with van der Waals surface area (Å²) in [5.41, 5.74) is 0.803. The van der Waals surface area contributed by atoms with Gasteiger partial charge < -0.3 is 10.6 Å². The SMILES string of the molecule is CC1(NCc2cc(Br)ccc2F)CCNC1. The van der Waals surface area contributed by atoms with Gasteiger partial charge in [-0.1, -0.05) is 15.9 Å². The first-order chi connectivity index (χ1) is 7.59. The first kappa shape index (κ1) is 12.0. The van der Waals surface area contributed by atoms with Crippen LogP contribution >= 0.6 is 15.9 Å². The summed E-state index contributed by atoms with van der Waals surface area (Å²) in [7, 11) is 0. The van der Waals surface area contributed by atoms with E-state index in [1.54, 1.807) is 6.07 Å². The van der Waals surface area contributed by atoms with Crippen molar-refractivity contribution in [1.29, 1.82) is 0 Å². The summed E-state index contributed by atoms with van der Waals surface area (Å²) in [6.07, 6.45) is 1.09. The second-order valence-corrected chi connectivity index (χ2v) is 5.49. The standard InChI is InChI=1S/C12H16BrFN2/c1-12(4-5-15-8-12)16-7-9-6-10(13)2-3-11(9)14/h2-3,6,15-16H,4-5,7-8H2,1H3.